The molecule has 1 amide bonds. The van der Waals surface area contributed by atoms with Gasteiger partial charge in [-0.3, -0.25) is 4.79 Å². The van der Waals surface area contributed by atoms with Crippen molar-refractivity contribution in [3.63, 3.8) is 0 Å². The Morgan fingerprint density at radius 2 is 2.19 bits per heavy atom. The molecule has 0 saturated carbocycles. The van der Waals surface area contributed by atoms with Gasteiger partial charge >= 0.3 is 0 Å². The minimum absolute atomic E-state index is 0.0509. The Morgan fingerprint density at radius 3 is 2.88 bits per heavy atom. The Labute approximate surface area is 97.2 Å². The lowest BCUT2D eigenvalue weighted by molar-refractivity contribution is -0.120. The molecule has 0 radical (unpaired) electrons. The van der Waals surface area contributed by atoms with Gasteiger partial charge in [-0.2, -0.15) is 0 Å². The molecule has 0 saturated heterocycles. The number of benzene rings is 1. The Bertz CT molecular complexity index is 336. The highest BCUT2D eigenvalue weighted by molar-refractivity contribution is 5.77. The molecule has 0 aliphatic rings. The van der Waals surface area contributed by atoms with E-state index in [1.165, 1.54) is 5.56 Å². The van der Waals surface area contributed by atoms with E-state index in [0.717, 1.165) is 18.5 Å². The highest BCUT2D eigenvalue weighted by atomic mass is 16.1. The zero-order valence-electron chi connectivity index (χ0n) is 10.0. The Hall–Kier alpha value is -1.35. The molecule has 3 nitrogen and oxygen atoms in total. The molecule has 2 N–H and O–H groups in total. The molecule has 0 fully saturated rings. The van der Waals surface area contributed by atoms with E-state index < -0.39 is 0 Å². The van der Waals surface area contributed by atoms with Crippen molar-refractivity contribution in [1.82, 2.24) is 10.6 Å². The van der Waals surface area contributed by atoms with E-state index >= 15 is 0 Å². The lowest BCUT2D eigenvalue weighted by Crippen LogP contribution is -2.33. The second-order valence-corrected chi connectivity index (χ2v) is 3.94. The molecule has 0 unspecified atom stereocenters. The van der Waals surface area contributed by atoms with Gasteiger partial charge in [0.25, 0.3) is 0 Å². The summed E-state index contributed by atoms with van der Waals surface area (Å²) in [5.41, 5.74) is 2.36. The molecule has 0 aliphatic heterocycles. The van der Waals surface area contributed by atoms with Gasteiger partial charge in [0.1, 0.15) is 0 Å². The quantitative estimate of drug-likeness (QED) is 0.715. The van der Waals surface area contributed by atoms with Crippen LogP contribution in [0.3, 0.4) is 0 Å². The highest BCUT2D eigenvalue weighted by Crippen LogP contribution is 2.02. The molecule has 1 aromatic rings. The van der Waals surface area contributed by atoms with Gasteiger partial charge in [-0.1, -0.05) is 36.8 Å². The molecule has 88 valence electrons. The van der Waals surface area contributed by atoms with Gasteiger partial charge in [0, 0.05) is 6.54 Å². The van der Waals surface area contributed by atoms with E-state index in [1.807, 2.05) is 25.1 Å². The predicted molar refractivity (Wildman–Crippen MR) is 66.2 cm³/mol. The summed E-state index contributed by atoms with van der Waals surface area (Å²) in [7, 11) is 0. The summed E-state index contributed by atoms with van der Waals surface area (Å²) in [5.74, 6) is 0.0509. The van der Waals surface area contributed by atoms with Crippen molar-refractivity contribution in [1.29, 1.82) is 0 Å². The van der Waals surface area contributed by atoms with Crippen LogP contribution >= 0.6 is 0 Å². The maximum atomic E-state index is 11.4. The standard InChI is InChI=1S/C13H20N2O/c1-3-7-14-10-13(16)15-9-12-6-4-5-11(2)8-12/h4-6,8,14H,3,7,9-10H2,1-2H3,(H,15,16). The van der Waals surface area contributed by atoms with Crippen LogP contribution in [0.1, 0.15) is 24.5 Å². The molecule has 0 bridgehead atoms. The molecule has 0 aliphatic carbocycles. The van der Waals surface area contributed by atoms with Gasteiger partial charge in [-0.05, 0) is 25.5 Å². The van der Waals surface area contributed by atoms with Gasteiger partial charge < -0.3 is 10.6 Å². The summed E-state index contributed by atoms with van der Waals surface area (Å²) in [4.78, 5) is 11.4. The number of carbonyl (C=O) groups excluding carboxylic acids is 1. The van der Waals surface area contributed by atoms with Crippen LogP contribution in [0.4, 0.5) is 0 Å². The van der Waals surface area contributed by atoms with E-state index in [4.69, 9.17) is 0 Å². The molecular weight excluding hydrogens is 200 g/mol. The third kappa shape index (κ3) is 4.94. The topological polar surface area (TPSA) is 41.1 Å². The average Bonchev–Trinajstić information content (AvgIpc) is 2.27. The average molecular weight is 220 g/mol. The summed E-state index contributed by atoms with van der Waals surface area (Å²) in [6, 6.07) is 8.16. The van der Waals surface area contributed by atoms with Crippen LogP contribution < -0.4 is 10.6 Å². The van der Waals surface area contributed by atoms with Crippen LogP contribution in [0.2, 0.25) is 0 Å². The monoisotopic (exact) mass is 220 g/mol. The fourth-order valence-corrected chi connectivity index (χ4v) is 1.46. The lowest BCUT2D eigenvalue weighted by Gasteiger charge is -2.06. The van der Waals surface area contributed by atoms with Gasteiger partial charge in [0.05, 0.1) is 6.54 Å². The number of carbonyl (C=O) groups is 1. The summed E-state index contributed by atoms with van der Waals surface area (Å²) in [5, 5.41) is 5.95. The SMILES string of the molecule is CCCNCC(=O)NCc1cccc(C)c1. The number of aryl methyl sites for hydroxylation is 1. The number of amides is 1. The van der Waals surface area contributed by atoms with E-state index in [9.17, 15) is 4.79 Å². The Balaban J connectivity index is 2.26. The Kier molecular flexibility index (Phi) is 5.57. The molecule has 0 atom stereocenters. The minimum Gasteiger partial charge on any atom is -0.351 e. The van der Waals surface area contributed by atoms with Crippen molar-refractivity contribution in [3.05, 3.63) is 35.4 Å². The molecule has 16 heavy (non-hydrogen) atoms. The van der Waals surface area contributed by atoms with Crippen LogP contribution in [0.5, 0.6) is 0 Å². The molecule has 1 aromatic carbocycles. The number of nitrogens with one attached hydrogen (secondary N) is 2. The van der Waals surface area contributed by atoms with Gasteiger partial charge in [-0.25, -0.2) is 0 Å². The summed E-state index contributed by atoms with van der Waals surface area (Å²) in [6.07, 6.45) is 1.05. The summed E-state index contributed by atoms with van der Waals surface area (Å²) in [6.45, 7) is 6.03. The lowest BCUT2D eigenvalue weighted by atomic mass is 10.1. The van der Waals surface area contributed by atoms with Crippen LogP contribution in [0, 0.1) is 6.92 Å². The van der Waals surface area contributed by atoms with Crippen molar-refractivity contribution in [3.8, 4) is 0 Å². The van der Waals surface area contributed by atoms with Crippen molar-refractivity contribution in [2.75, 3.05) is 13.1 Å². The molecule has 3 heteroatoms. The highest BCUT2D eigenvalue weighted by Gasteiger charge is 1.99. The molecule has 0 spiro atoms. The fourth-order valence-electron chi connectivity index (χ4n) is 1.46. The molecule has 0 aromatic heterocycles. The first kappa shape index (κ1) is 12.7. The smallest absolute Gasteiger partial charge is 0.234 e. The van der Waals surface area contributed by atoms with Crippen molar-refractivity contribution in [2.24, 2.45) is 0 Å². The van der Waals surface area contributed by atoms with Crippen molar-refractivity contribution < 1.29 is 4.79 Å². The second-order valence-electron chi connectivity index (χ2n) is 3.94. The zero-order valence-corrected chi connectivity index (χ0v) is 10.0. The minimum atomic E-state index is 0.0509. The van der Waals surface area contributed by atoms with Crippen LogP contribution in [0.25, 0.3) is 0 Å². The maximum Gasteiger partial charge on any atom is 0.234 e. The molecule has 1 rings (SSSR count). The van der Waals surface area contributed by atoms with E-state index in [-0.39, 0.29) is 5.91 Å². The normalized spacial score (nSPS) is 10.1. The third-order valence-electron chi connectivity index (χ3n) is 2.28. The number of hydrogen-bond acceptors (Lipinski definition) is 2. The second kappa shape index (κ2) is 7.01. The summed E-state index contributed by atoms with van der Waals surface area (Å²) >= 11 is 0. The van der Waals surface area contributed by atoms with E-state index in [0.29, 0.717) is 13.1 Å². The van der Waals surface area contributed by atoms with Crippen LogP contribution in [0.15, 0.2) is 24.3 Å². The van der Waals surface area contributed by atoms with Crippen LogP contribution in [-0.2, 0) is 11.3 Å². The predicted octanol–water partition coefficient (Wildman–Crippen LogP) is 1.61. The summed E-state index contributed by atoms with van der Waals surface area (Å²) < 4.78 is 0. The third-order valence-corrected chi connectivity index (χ3v) is 2.28. The first-order chi connectivity index (χ1) is 7.72. The largest absolute Gasteiger partial charge is 0.351 e. The van der Waals surface area contributed by atoms with E-state index in [1.54, 1.807) is 0 Å². The van der Waals surface area contributed by atoms with E-state index in [2.05, 4.69) is 23.6 Å². The van der Waals surface area contributed by atoms with Gasteiger partial charge in [0.2, 0.25) is 5.91 Å². The zero-order chi connectivity index (χ0) is 11.8. The van der Waals surface area contributed by atoms with Crippen LogP contribution in [-0.4, -0.2) is 19.0 Å². The Morgan fingerprint density at radius 1 is 1.38 bits per heavy atom. The number of hydrogen-bond donors (Lipinski definition) is 2. The van der Waals surface area contributed by atoms with Gasteiger partial charge in [0.15, 0.2) is 0 Å². The first-order valence-electron chi connectivity index (χ1n) is 5.75. The maximum absolute atomic E-state index is 11.4. The molecule has 0 heterocycles. The fraction of sp³-hybridized carbons (Fsp3) is 0.462. The van der Waals surface area contributed by atoms with Crippen molar-refractivity contribution >= 4 is 5.91 Å². The van der Waals surface area contributed by atoms with Gasteiger partial charge in [-0.15, -0.1) is 0 Å². The molecular formula is C13H20N2O. The number of rotatable bonds is 6. The van der Waals surface area contributed by atoms with Crippen molar-refractivity contribution in [2.45, 2.75) is 26.8 Å². The first-order valence-corrected chi connectivity index (χ1v) is 5.75.